The third-order valence-corrected chi connectivity index (χ3v) is 6.69. The number of ether oxygens (including phenoxy) is 1. The minimum atomic E-state index is -1.23. The molecular formula is C27H27N3O3. The molecule has 2 aliphatic heterocycles. The van der Waals surface area contributed by atoms with Gasteiger partial charge in [0, 0.05) is 11.3 Å². The molecule has 0 radical (unpaired) electrons. The SMILES string of the molecule is Cc1ccc(NC(=O)C2C3NC(=O)N(c4ccccc4C)C2(C)Oc2ccccc23)c(C)c1. The summed E-state index contributed by atoms with van der Waals surface area (Å²) in [5.74, 6) is -0.230. The van der Waals surface area contributed by atoms with Gasteiger partial charge in [0.15, 0.2) is 0 Å². The summed E-state index contributed by atoms with van der Waals surface area (Å²) in [6, 6.07) is 20.3. The lowest BCUT2D eigenvalue weighted by Gasteiger charge is -2.54. The first-order chi connectivity index (χ1) is 15.8. The lowest BCUT2D eigenvalue weighted by molar-refractivity contribution is -0.131. The van der Waals surface area contributed by atoms with E-state index in [2.05, 4.69) is 10.6 Å². The summed E-state index contributed by atoms with van der Waals surface area (Å²) in [6.45, 7) is 7.76. The summed E-state index contributed by atoms with van der Waals surface area (Å²) in [4.78, 5) is 28.8. The number of urea groups is 1. The number of carbonyl (C=O) groups excluding carboxylic acids is 2. The first-order valence-electron chi connectivity index (χ1n) is 11.1. The summed E-state index contributed by atoms with van der Waals surface area (Å²) in [5.41, 5.74) is 4.06. The summed E-state index contributed by atoms with van der Waals surface area (Å²) in [7, 11) is 0. The van der Waals surface area contributed by atoms with Crippen LogP contribution in [-0.4, -0.2) is 17.7 Å². The topological polar surface area (TPSA) is 70.7 Å². The van der Waals surface area contributed by atoms with Crippen molar-refractivity contribution < 1.29 is 14.3 Å². The van der Waals surface area contributed by atoms with E-state index in [1.807, 2.05) is 94.4 Å². The van der Waals surface area contributed by atoms with Gasteiger partial charge in [0.05, 0.1) is 11.7 Å². The highest BCUT2D eigenvalue weighted by molar-refractivity contribution is 6.02. The van der Waals surface area contributed by atoms with Crippen molar-refractivity contribution in [2.45, 2.75) is 39.5 Å². The van der Waals surface area contributed by atoms with Crippen LogP contribution in [0.5, 0.6) is 5.75 Å². The monoisotopic (exact) mass is 441 g/mol. The average Bonchev–Trinajstić information content (AvgIpc) is 2.76. The summed E-state index contributed by atoms with van der Waals surface area (Å²) >= 11 is 0. The minimum Gasteiger partial charge on any atom is -0.466 e. The quantitative estimate of drug-likeness (QED) is 0.583. The summed E-state index contributed by atoms with van der Waals surface area (Å²) in [6.07, 6.45) is 0. The molecule has 3 unspecified atom stereocenters. The van der Waals surface area contributed by atoms with Gasteiger partial charge in [0.25, 0.3) is 0 Å². The molecule has 1 fully saturated rings. The van der Waals surface area contributed by atoms with Gasteiger partial charge in [-0.15, -0.1) is 0 Å². The van der Waals surface area contributed by atoms with Crippen molar-refractivity contribution in [3.63, 3.8) is 0 Å². The Kier molecular flexibility index (Phi) is 4.89. The number of benzene rings is 3. The Labute approximate surface area is 193 Å². The molecule has 1 saturated heterocycles. The minimum absolute atomic E-state index is 0.206. The molecule has 2 aliphatic rings. The lowest BCUT2D eigenvalue weighted by Crippen LogP contribution is -2.72. The Balaban J connectivity index is 1.63. The highest BCUT2D eigenvalue weighted by Gasteiger charge is 2.60. The fourth-order valence-electron chi connectivity index (χ4n) is 5.07. The number of para-hydroxylation sites is 2. The molecule has 3 aromatic rings. The third-order valence-electron chi connectivity index (χ3n) is 6.69. The molecule has 6 nitrogen and oxygen atoms in total. The molecule has 0 spiro atoms. The number of fused-ring (bicyclic) bond motifs is 4. The van der Waals surface area contributed by atoms with Crippen LogP contribution in [0.25, 0.3) is 0 Å². The van der Waals surface area contributed by atoms with Crippen molar-refractivity contribution in [1.82, 2.24) is 5.32 Å². The summed E-state index contributed by atoms with van der Waals surface area (Å²) in [5, 5.41) is 6.19. The second kappa shape index (κ2) is 7.66. The predicted molar refractivity (Wildman–Crippen MR) is 128 cm³/mol. The van der Waals surface area contributed by atoms with Crippen molar-refractivity contribution in [2.24, 2.45) is 5.92 Å². The zero-order valence-corrected chi connectivity index (χ0v) is 19.2. The number of rotatable bonds is 3. The lowest BCUT2D eigenvalue weighted by atomic mass is 9.78. The van der Waals surface area contributed by atoms with Gasteiger partial charge >= 0.3 is 6.03 Å². The fourth-order valence-corrected chi connectivity index (χ4v) is 5.07. The zero-order chi connectivity index (χ0) is 23.3. The number of hydrogen-bond acceptors (Lipinski definition) is 3. The average molecular weight is 442 g/mol. The van der Waals surface area contributed by atoms with Gasteiger partial charge in [0.1, 0.15) is 11.7 Å². The highest BCUT2D eigenvalue weighted by Crippen LogP contribution is 2.50. The van der Waals surface area contributed by atoms with Crippen LogP contribution >= 0.6 is 0 Å². The van der Waals surface area contributed by atoms with Gasteiger partial charge in [-0.05, 0) is 57.0 Å². The molecule has 168 valence electrons. The number of nitrogens with zero attached hydrogens (tertiary/aromatic N) is 1. The Morgan fingerprint density at radius 3 is 2.48 bits per heavy atom. The molecular weight excluding hydrogens is 414 g/mol. The standard InChI is InChI=1S/C27H27N3O3/c1-16-13-14-20(18(3)15-16)28-25(31)23-24-19-10-6-8-12-22(19)33-27(23,4)30(26(32)29-24)21-11-7-5-9-17(21)2/h5-15,23-24H,1-4H3,(H,28,31)(H,29,32). The molecule has 0 aromatic heterocycles. The number of hydrogen-bond donors (Lipinski definition) is 2. The predicted octanol–water partition coefficient (Wildman–Crippen LogP) is 5.25. The molecule has 5 rings (SSSR count). The van der Waals surface area contributed by atoms with Crippen molar-refractivity contribution in [3.05, 3.63) is 89.0 Å². The molecule has 2 bridgehead atoms. The molecule has 3 aromatic carbocycles. The molecule has 3 amide bonds. The van der Waals surface area contributed by atoms with Crippen LogP contribution in [0.1, 0.15) is 35.2 Å². The molecule has 0 saturated carbocycles. The molecule has 2 N–H and O–H groups in total. The number of anilines is 2. The van der Waals surface area contributed by atoms with Crippen LogP contribution in [0.3, 0.4) is 0 Å². The van der Waals surface area contributed by atoms with Crippen LogP contribution < -0.4 is 20.3 Å². The van der Waals surface area contributed by atoms with Crippen LogP contribution in [0.4, 0.5) is 16.2 Å². The second-order valence-corrected chi connectivity index (χ2v) is 9.03. The first kappa shape index (κ1) is 21.1. The number of amides is 3. The van der Waals surface area contributed by atoms with Crippen LogP contribution in [-0.2, 0) is 4.79 Å². The molecule has 0 aliphatic carbocycles. The normalized spacial score (nSPS) is 23.3. The van der Waals surface area contributed by atoms with Gasteiger partial charge in [-0.25, -0.2) is 4.79 Å². The van der Waals surface area contributed by atoms with Crippen LogP contribution in [0.15, 0.2) is 66.7 Å². The van der Waals surface area contributed by atoms with Crippen LogP contribution in [0, 0.1) is 26.7 Å². The van der Waals surface area contributed by atoms with Crippen molar-refractivity contribution in [3.8, 4) is 5.75 Å². The second-order valence-electron chi connectivity index (χ2n) is 9.03. The first-order valence-corrected chi connectivity index (χ1v) is 11.1. The maximum atomic E-state index is 13.8. The fraction of sp³-hybridized carbons (Fsp3) is 0.259. The van der Waals surface area contributed by atoms with E-state index in [1.165, 1.54) is 0 Å². The van der Waals surface area contributed by atoms with Crippen molar-refractivity contribution >= 4 is 23.3 Å². The van der Waals surface area contributed by atoms with E-state index in [4.69, 9.17) is 4.74 Å². The Morgan fingerprint density at radius 2 is 1.73 bits per heavy atom. The number of carbonyl (C=O) groups is 2. The Morgan fingerprint density at radius 1 is 1.00 bits per heavy atom. The van der Waals surface area contributed by atoms with Crippen molar-refractivity contribution in [2.75, 3.05) is 10.2 Å². The number of nitrogens with one attached hydrogen (secondary N) is 2. The van der Waals surface area contributed by atoms with E-state index in [0.29, 0.717) is 11.4 Å². The van der Waals surface area contributed by atoms with Gasteiger partial charge < -0.3 is 15.4 Å². The van der Waals surface area contributed by atoms with E-state index < -0.39 is 17.7 Å². The maximum absolute atomic E-state index is 13.8. The van der Waals surface area contributed by atoms with E-state index in [1.54, 1.807) is 4.90 Å². The van der Waals surface area contributed by atoms with Gasteiger partial charge in [-0.3, -0.25) is 9.69 Å². The zero-order valence-electron chi connectivity index (χ0n) is 19.2. The van der Waals surface area contributed by atoms with E-state index >= 15 is 0 Å². The Bertz CT molecular complexity index is 1270. The molecule has 6 heteroatoms. The van der Waals surface area contributed by atoms with Crippen molar-refractivity contribution in [1.29, 1.82) is 0 Å². The van der Waals surface area contributed by atoms with Gasteiger partial charge in [-0.2, -0.15) is 0 Å². The van der Waals surface area contributed by atoms with Crippen LogP contribution in [0.2, 0.25) is 0 Å². The molecule has 33 heavy (non-hydrogen) atoms. The van der Waals surface area contributed by atoms with E-state index in [-0.39, 0.29) is 11.9 Å². The van der Waals surface area contributed by atoms with E-state index in [9.17, 15) is 9.59 Å². The number of aryl methyl sites for hydroxylation is 3. The maximum Gasteiger partial charge on any atom is 0.325 e. The highest BCUT2D eigenvalue weighted by atomic mass is 16.5. The van der Waals surface area contributed by atoms with Gasteiger partial charge in [0.2, 0.25) is 11.6 Å². The molecule has 3 atom stereocenters. The largest absolute Gasteiger partial charge is 0.466 e. The summed E-state index contributed by atoms with van der Waals surface area (Å²) < 4.78 is 6.51. The third kappa shape index (κ3) is 3.33. The Hall–Kier alpha value is -3.80. The van der Waals surface area contributed by atoms with E-state index in [0.717, 1.165) is 27.9 Å². The molecule has 2 heterocycles. The smallest absolute Gasteiger partial charge is 0.325 e. The van der Waals surface area contributed by atoms with Gasteiger partial charge in [-0.1, -0.05) is 54.1 Å².